The van der Waals surface area contributed by atoms with E-state index >= 15 is 0 Å². The Morgan fingerprint density at radius 3 is 2.62 bits per heavy atom. The lowest BCUT2D eigenvalue weighted by Gasteiger charge is -2.41. The second-order valence-electron chi connectivity index (χ2n) is 9.53. The van der Waals surface area contributed by atoms with Crippen molar-refractivity contribution < 1.29 is 14.3 Å². The molecule has 0 saturated carbocycles. The fraction of sp³-hybridized carbons (Fsp3) is 0.591. The van der Waals surface area contributed by atoms with Gasteiger partial charge in [0.25, 0.3) is 5.91 Å². The van der Waals surface area contributed by atoms with E-state index in [-0.39, 0.29) is 11.2 Å². The first-order valence-electron chi connectivity index (χ1n) is 10.6. The normalized spacial score (nSPS) is 17.6. The summed E-state index contributed by atoms with van der Waals surface area (Å²) in [5.41, 5.74) is 8.38. The van der Waals surface area contributed by atoms with Gasteiger partial charge >= 0.3 is 0 Å². The molecule has 0 unspecified atom stereocenters. The molecule has 1 fully saturated rings. The molecular formula is C22H34BN3O3. The number of amides is 1. The zero-order valence-corrected chi connectivity index (χ0v) is 18.4. The van der Waals surface area contributed by atoms with Gasteiger partial charge in [-0.3, -0.25) is 4.79 Å². The molecule has 3 rings (SSSR count). The second-order valence-corrected chi connectivity index (χ2v) is 9.53. The molecule has 1 aromatic heterocycles. The standard InChI is InChI=1S/C22H34BN3O3/c1-5-15-11-17(19-16(18(15)24)10-14(2)29-19)20(27)25-12-22(23)6-8-26(9-7-22)13-21(3,4)28/h10-11,28H,5-9,12-13,23-24H2,1-4H3,(H,25,27). The lowest BCUT2D eigenvalue weighted by Crippen LogP contribution is -2.46. The Labute approximate surface area is 174 Å². The van der Waals surface area contributed by atoms with Crippen molar-refractivity contribution in [3.8, 4) is 0 Å². The maximum absolute atomic E-state index is 13.0. The Hall–Kier alpha value is -1.99. The molecule has 1 saturated heterocycles. The van der Waals surface area contributed by atoms with Crippen LogP contribution in [0.3, 0.4) is 0 Å². The van der Waals surface area contributed by atoms with Crippen LogP contribution in [0.15, 0.2) is 16.5 Å². The SMILES string of the molecule is BC1(CNC(=O)c2cc(CC)c(N)c3cc(C)oc23)CCN(CC(C)(C)O)CC1. The van der Waals surface area contributed by atoms with Gasteiger partial charge in [-0.15, -0.1) is 0 Å². The van der Waals surface area contributed by atoms with E-state index in [1.54, 1.807) is 0 Å². The highest BCUT2D eigenvalue weighted by Crippen LogP contribution is 2.36. The summed E-state index contributed by atoms with van der Waals surface area (Å²) in [6.45, 7) is 10.7. The Balaban J connectivity index is 1.69. The van der Waals surface area contributed by atoms with Crippen molar-refractivity contribution in [2.75, 3.05) is 31.9 Å². The molecule has 7 heteroatoms. The van der Waals surface area contributed by atoms with Crippen LogP contribution in [0, 0.1) is 6.92 Å². The van der Waals surface area contributed by atoms with E-state index in [4.69, 9.17) is 10.2 Å². The average Bonchev–Trinajstić information content (AvgIpc) is 3.03. The van der Waals surface area contributed by atoms with Crippen LogP contribution in [0.5, 0.6) is 0 Å². The molecule has 0 bridgehead atoms. The number of nitrogens with two attached hydrogens (primary N) is 1. The number of nitrogen functional groups attached to an aromatic ring is 1. The highest BCUT2D eigenvalue weighted by Gasteiger charge is 2.32. The summed E-state index contributed by atoms with van der Waals surface area (Å²) in [6, 6.07) is 3.77. The maximum atomic E-state index is 13.0. The summed E-state index contributed by atoms with van der Waals surface area (Å²) >= 11 is 0. The number of piperidine rings is 1. The summed E-state index contributed by atoms with van der Waals surface area (Å²) in [7, 11) is 2.22. The van der Waals surface area contributed by atoms with Crippen LogP contribution in [-0.2, 0) is 6.42 Å². The van der Waals surface area contributed by atoms with E-state index in [1.165, 1.54) is 0 Å². The predicted octanol–water partition coefficient (Wildman–Crippen LogP) is 2.27. The third-order valence-electron chi connectivity index (χ3n) is 6.03. The lowest BCUT2D eigenvalue weighted by atomic mass is 9.62. The minimum absolute atomic E-state index is 0.0470. The number of benzene rings is 1. The third kappa shape index (κ3) is 4.96. The van der Waals surface area contributed by atoms with Gasteiger partial charge in [0.2, 0.25) is 0 Å². The van der Waals surface area contributed by atoms with Gasteiger partial charge in [-0.2, -0.15) is 0 Å². The van der Waals surface area contributed by atoms with Crippen molar-refractivity contribution in [3.63, 3.8) is 0 Å². The number of nitrogens with one attached hydrogen (secondary N) is 1. The number of rotatable bonds is 6. The zero-order valence-electron chi connectivity index (χ0n) is 18.4. The number of carbonyl (C=O) groups is 1. The maximum Gasteiger partial charge on any atom is 0.255 e. The minimum Gasteiger partial charge on any atom is -0.460 e. The summed E-state index contributed by atoms with van der Waals surface area (Å²) < 4.78 is 5.81. The molecule has 6 nitrogen and oxygen atoms in total. The van der Waals surface area contributed by atoms with E-state index in [2.05, 4.69) is 18.1 Å². The molecule has 1 aliphatic rings. The van der Waals surface area contributed by atoms with Crippen LogP contribution >= 0.6 is 0 Å². The number of fused-ring (bicyclic) bond motifs is 1. The van der Waals surface area contributed by atoms with E-state index in [0.717, 1.165) is 49.1 Å². The summed E-state index contributed by atoms with van der Waals surface area (Å²) in [5.74, 6) is 0.638. The molecule has 0 radical (unpaired) electrons. The molecule has 0 atom stereocenters. The Morgan fingerprint density at radius 2 is 2.03 bits per heavy atom. The van der Waals surface area contributed by atoms with Crippen LogP contribution < -0.4 is 11.1 Å². The largest absolute Gasteiger partial charge is 0.460 e. The van der Waals surface area contributed by atoms with Crippen LogP contribution in [0.2, 0.25) is 5.31 Å². The summed E-state index contributed by atoms with van der Waals surface area (Å²) in [5, 5.41) is 14.0. The van der Waals surface area contributed by atoms with Gasteiger partial charge in [0, 0.05) is 24.2 Å². The van der Waals surface area contributed by atoms with Crippen molar-refractivity contribution >= 4 is 30.4 Å². The average molecular weight is 399 g/mol. The highest BCUT2D eigenvalue weighted by molar-refractivity contribution is 6.16. The molecule has 4 N–H and O–H groups in total. The van der Waals surface area contributed by atoms with Crippen LogP contribution in [-0.4, -0.2) is 55.5 Å². The number of β-amino-alcohol motifs (C(OH)–C–C–N with tert-alkyl or cyclic N) is 1. The van der Waals surface area contributed by atoms with Gasteiger partial charge in [0.15, 0.2) is 0 Å². The molecule has 0 aliphatic carbocycles. The monoisotopic (exact) mass is 399 g/mol. The number of hydrogen-bond acceptors (Lipinski definition) is 5. The van der Waals surface area contributed by atoms with Gasteiger partial charge in [-0.1, -0.05) is 6.92 Å². The number of nitrogens with zero attached hydrogens (tertiary/aromatic N) is 1. The number of anilines is 1. The first kappa shape index (κ1) is 21.7. The third-order valence-corrected chi connectivity index (χ3v) is 6.03. The van der Waals surface area contributed by atoms with E-state index < -0.39 is 5.60 Å². The molecule has 2 aromatic rings. The molecule has 2 heterocycles. The predicted molar refractivity (Wildman–Crippen MR) is 120 cm³/mol. The molecule has 0 spiro atoms. The summed E-state index contributed by atoms with van der Waals surface area (Å²) in [6.07, 6.45) is 2.74. The van der Waals surface area contributed by atoms with E-state index in [9.17, 15) is 9.90 Å². The molecule has 1 amide bonds. The molecular weight excluding hydrogens is 365 g/mol. The van der Waals surface area contributed by atoms with Crippen LogP contribution in [0.25, 0.3) is 11.0 Å². The van der Waals surface area contributed by atoms with Gasteiger partial charge < -0.3 is 25.5 Å². The second kappa shape index (κ2) is 8.03. The highest BCUT2D eigenvalue weighted by atomic mass is 16.3. The quantitative estimate of drug-likeness (QED) is 0.512. The minimum atomic E-state index is -0.680. The van der Waals surface area contributed by atoms with E-state index in [0.29, 0.717) is 29.9 Å². The van der Waals surface area contributed by atoms with Gasteiger partial charge in [0.05, 0.1) is 11.2 Å². The van der Waals surface area contributed by atoms with Gasteiger partial charge in [-0.25, -0.2) is 0 Å². The lowest BCUT2D eigenvalue weighted by molar-refractivity contribution is 0.0258. The topological polar surface area (TPSA) is 91.7 Å². The van der Waals surface area contributed by atoms with Gasteiger partial charge in [-0.05, 0) is 76.1 Å². The zero-order chi connectivity index (χ0) is 21.4. The first-order valence-corrected chi connectivity index (χ1v) is 10.6. The van der Waals surface area contributed by atoms with E-state index in [1.807, 2.05) is 39.8 Å². The van der Waals surface area contributed by atoms with Crippen molar-refractivity contribution in [3.05, 3.63) is 29.0 Å². The number of furan rings is 1. The van der Waals surface area contributed by atoms with Crippen LogP contribution in [0.1, 0.15) is 55.3 Å². The number of aryl methyl sites for hydroxylation is 2. The fourth-order valence-corrected chi connectivity index (χ4v) is 4.23. The number of likely N-dealkylation sites (tertiary alicyclic amines) is 1. The Kier molecular flexibility index (Phi) is 6.02. The van der Waals surface area contributed by atoms with Crippen molar-refractivity contribution in [2.24, 2.45) is 0 Å². The molecule has 158 valence electrons. The Morgan fingerprint density at radius 1 is 1.38 bits per heavy atom. The van der Waals surface area contributed by atoms with Crippen LogP contribution in [0.4, 0.5) is 5.69 Å². The van der Waals surface area contributed by atoms with Crippen molar-refractivity contribution in [1.82, 2.24) is 10.2 Å². The smallest absolute Gasteiger partial charge is 0.255 e. The molecule has 1 aromatic carbocycles. The molecule has 29 heavy (non-hydrogen) atoms. The Bertz CT molecular complexity index is 893. The number of carbonyl (C=O) groups excluding carboxylic acids is 1. The first-order chi connectivity index (χ1) is 13.5. The van der Waals surface area contributed by atoms with Crippen molar-refractivity contribution in [2.45, 2.75) is 57.9 Å². The fourth-order valence-electron chi connectivity index (χ4n) is 4.23. The number of aliphatic hydroxyl groups is 1. The van der Waals surface area contributed by atoms with Crippen molar-refractivity contribution in [1.29, 1.82) is 0 Å². The van der Waals surface area contributed by atoms with Gasteiger partial charge in [0.1, 0.15) is 19.2 Å². The number of hydrogen-bond donors (Lipinski definition) is 3. The molecule has 1 aliphatic heterocycles. The summed E-state index contributed by atoms with van der Waals surface area (Å²) in [4.78, 5) is 15.3.